The van der Waals surface area contributed by atoms with Gasteiger partial charge in [-0.25, -0.2) is 4.79 Å². The number of quaternary nitrogens is 1. The van der Waals surface area contributed by atoms with Crippen LogP contribution in [-0.2, 0) is 0 Å². The van der Waals surface area contributed by atoms with Crippen LogP contribution in [0.2, 0.25) is 0 Å². The van der Waals surface area contributed by atoms with E-state index in [2.05, 4.69) is 16.9 Å². The highest BCUT2D eigenvalue weighted by atomic mass is 16.2. The van der Waals surface area contributed by atoms with Gasteiger partial charge in [0.1, 0.15) is 5.82 Å². The van der Waals surface area contributed by atoms with E-state index < -0.39 is 0 Å². The maximum absolute atomic E-state index is 12.4. The minimum absolute atomic E-state index is 0.0842. The van der Waals surface area contributed by atoms with Gasteiger partial charge in [0.05, 0.1) is 33.2 Å². The lowest BCUT2D eigenvalue weighted by Crippen LogP contribution is -3.12. The number of piperazine rings is 1. The Morgan fingerprint density at radius 3 is 2.43 bits per heavy atom. The van der Waals surface area contributed by atoms with Gasteiger partial charge in [0.15, 0.2) is 0 Å². The molecule has 0 bridgehead atoms. The van der Waals surface area contributed by atoms with Gasteiger partial charge in [-0.15, -0.1) is 0 Å². The highest BCUT2D eigenvalue weighted by Gasteiger charge is 2.22. The van der Waals surface area contributed by atoms with Crippen molar-refractivity contribution in [2.45, 2.75) is 38.1 Å². The molecule has 0 amide bonds. The van der Waals surface area contributed by atoms with Crippen LogP contribution >= 0.6 is 0 Å². The average Bonchev–Trinajstić information content (AvgIpc) is 2.48. The predicted octanol–water partition coefficient (Wildman–Crippen LogP) is -0.623. The second kappa shape index (κ2) is 6.05. The molecule has 1 aliphatic heterocycles. The van der Waals surface area contributed by atoms with Crippen LogP contribution in [0.1, 0.15) is 38.1 Å². The molecule has 2 fully saturated rings. The SMILES string of the molecule is C[NH+]1CCN(c2cc(=O)n(C3CCCCC3)c(=O)[nH]2)CC1. The Balaban J connectivity index is 1.85. The molecular formula is C15H25N4O2+. The minimum atomic E-state index is -0.240. The molecule has 2 aliphatic rings. The zero-order chi connectivity index (χ0) is 14.8. The lowest BCUT2D eigenvalue weighted by molar-refractivity contribution is -0.880. The molecule has 2 N–H and O–H groups in total. The van der Waals surface area contributed by atoms with Crippen molar-refractivity contribution in [3.8, 4) is 0 Å². The molecular weight excluding hydrogens is 268 g/mol. The van der Waals surface area contributed by atoms with E-state index in [0.717, 1.165) is 51.9 Å². The Kier molecular flexibility index (Phi) is 4.14. The molecule has 1 aliphatic carbocycles. The molecule has 116 valence electrons. The molecule has 6 heteroatoms. The number of hydrogen-bond donors (Lipinski definition) is 2. The number of likely N-dealkylation sites (N-methyl/N-ethyl adjacent to an activating group) is 1. The summed E-state index contributed by atoms with van der Waals surface area (Å²) in [7, 11) is 2.17. The third-order valence-corrected chi connectivity index (χ3v) is 4.85. The van der Waals surface area contributed by atoms with Gasteiger partial charge in [-0.3, -0.25) is 14.3 Å². The van der Waals surface area contributed by atoms with Gasteiger partial charge < -0.3 is 9.80 Å². The summed E-state index contributed by atoms with van der Waals surface area (Å²) in [6.07, 6.45) is 5.32. The number of anilines is 1. The topological polar surface area (TPSA) is 62.5 Å². The maximum Gasteiger partial charge on any atom is 0.330 e. The highest BCUT2D eigenvalue weighted by Crippen LogP contribution is 2.25. The molecule has 0 aromatic carbocycles. The number of nitrogens with one attached hydrogen (secondary N) is 2. The Hall–Kier alpha value is -1.56. The van der Waals surface area contributed by atoms with E-state index in [-0.39, 0.29) is 17.3 Å². The number of aromatic nitrogens is 2. The molecule has 0 spiro atoms. The van der Waals surface area contributed by atoms with Crippen molar-refractivity contribution in [1.82, 2.24) is 9.55 Å². The average molecular weight is 293 g/mol. The molecule has 21 heavy (non-hydrogen) atoms. The Labute approximate surface area is 124 Å². The third kappa shape index (κ3) is 3.05. The van der Waals surface area contributed by atoms with Crippen molar-refractivity contribution in [3.05, 3.63) is 26.9 Å². The third-order valence-electron chi connectivity index (χ3n) is 4.85. The van der Waals surface area contributed by atoms with E-state index in [0.29, 0.717) is 5.82 Å². The fourth-order valence-electron chi connectivity index (χ4n) is 3.48. The first-order valence-corrected chi connectivity index (χ1v) is 8.07. The fourth-order valence-corrected chi connectivity index (χ4v) is 3.48. The van der Waals surface area contributed by atoms with Crippen LogP contribution in [0.4, 0.5) is 5.82 Å². The first-order chi connectivity index (χ1) is 10.1. The van der Waals surface area contributed by atoms with Gasteiger partial charge in [-0.05, 0) is 12.8 Å². The molecule has 1 saturated carbocycles. The largest absolute Gasteiger partial charge is 0.347 e. The van der Waals surface area contributed by atoms with E-state index in [1.54, 1.807) is 6.07 Å². The number of nitrogens with zero attached hydrogens (tertiary/aromatic N) is 2. The number of hydrogen-bond acceptors (Lipinski definition) is 3. The quantitative estimate of drug-likeness (QED) is 0.764. The molecule has 1 aromatic rings. The Morgan fingerprint density at radius 1 is 1.14 bits per heavy atom. The molecule has 0 radical (unpaired) electrons. The molecule has 1 aromatic heterocycles. The fraction of sp³-hybridized carbons (Fsp3) is 0.733. The second-order valence-corrected chi connectivity index (χ2v) is 6.40. The summed E-state index contributed by atoms with van der Waals surface area (Å²) < 4.78 is 1.43. The molecule has 1 saturated heterocycles. The van der Waals surface area contributed by atoms with Crippen LogP contribution in [0, 0.1) is 0 Å². The van der Waals surface area contributed by atoms with E-state index in [9.17, 15) is 9.59 Å². The van der Waals surface area contributed by atoms with Gasteiger partial charge >= 0.3 is 5.69 Å². The second-order valence-electron chi connectivity index (χ2n) is 6.40. The first-order valence-electron chi connectivity index (χ1n) is 8.07. The van der Waals surface area contributed by atoms with Gasteiger partial charge in [0.25, 0.3) is 5.56 Å². The molecule has 6 nitrogen and oxygen atoms in total. The van der Waals surface area contributed by atoms with Gasteiger partial charge in [-0.2, -0.15) is 0 Å². The van der Waals surface area contributed by atoms with Crippen molar-refractivity contribution in [1.29, 1.82) is 0 Å². The summed E-state index contributed by atoms with van der Waals surface area (Å²) in [5, 5.41) is 0. The smallest absolute Gasteiger partial charge is 0.330 e. The van der Waals surface area contributed by atoms with Crippen LogP contribution in [0.25, 0.3) is 0 Å². The zero-order valence-electron chi connectivity index (χ0n) is 12.7. The number of rotatable bonds is 2. The van der Waals surface area contributed by atoms with Crippen molar-refractivity contribution in [2.75, 3.05) is 38.1 Å². The standard InChI is InChI=1S/C15H24N4O2/c1-17-7-9-18(10-8-17)13-11-14(20)19(15(21)16-13)12-5-3-2-4-6-12/h11-12H,2-10H2,1H3,(H,16,21)/p+1. The van der Waals surface area contributed by atoms with Crippen molar-refractivity contribution in [2.24, 2.45) is 0 Å². The summed E-state index contributed by atoms with van der Waals surface area (Å²) in [6.45, 7) is 3.84. The summed E-state index contributed by atoms with van der Waals surface area (Å²) in [5.74, 6) is 0.685. The van der Waals surface area contributed by atoms with Crippen molar-refractivity contribution >= 4 is 5.82 Å². The van der Waals surface area contributed by atoms with E-state index in [1.807, 2.05) is 0 Å². The van der Waals surface area contributed by atoms with Crippen molar-refractivity contribution in [3.63, 3.8) is 0 Å². The van der Waals surface area contributed by atoms with E-state index in [1.165, 1.54) is 15.9 Å². The molecule has 2 heterocycles. The van der Waals surface area contributed by atoms with Crippen molar-refractivity contribution < 1.29 is 4.90 Å². The minimum Gasteiger partial charge on any atom is -0.347 e. The van der Waals surface area contributed by atoms with Gasteiger partial charge in [-0.1, -0.05) is 19.3 Å². The summed E-state index contributed by atoms with van der Waals surface area (Å²) >= 11 is 0. The number of aromatic amines is 1. The lowest BCUT2D eigenvalue weighted by atomic mass is 9.95. The monoisotopic (exact) mass is 293 g/mol. The van der Waals surface area contributed by atoms with Gasteiger partial charge in [0, 0.05) is 12.1 Å². The summed E-state index contributed by atoms with van der Waals surface area (Å²) in [4.78, 5) is 31.2. The van der Waals surface area contributed by atoms with Crippen LogP contribution in [-0.4, -0.2) is 42.8 Å². The van der Waals surface area contributed by atoms with E-state index >= 15 is 0 Å². The van der Waals surface area contributed by atoms with Crippen LogP contribution in [0.15, 0.2) is 15.7 Å². The molecule has 0 atom stereocenters. The predicted molar refractivity (Wildman–Crippen MR) is 82.3 cm³/mol. The Bertz CT molecular complexity index is 561. The Morgan fingerprint density at radius 2 is 1.81 bits per heavy atom. The maximum atomic E-state index is 12.4. The molecule has 0 unspecified atom stereocenters. The number of H-pyrrole nitrogens is 1. The zero-order valence-corrected chi connectivity index (χ0v) is 12.7. The normalized spacial score (nSPS) is 21.7. The van der Waals surface area contributed by atoms with Gasteiger partial charge in [0.2, 0.25) is 0 Å². The van der Waals surface area contributed by atoms with E-state index in [4.69, 9.17) is 0 Å². The summed E-state index contributed by atoms with van der Waals surface area (Å²) in [5.41, 5.74) is -0.386. The highest BCUT2D eigenvalue weighted by molar-refractivity contribution is 5.36. The van der Waals surface area contributed by atoms with Crippen LogP contribution in [0.5, 0.6) is 0 Å². The lowest BCUT2D eigenvalue weighted by Gasteiger charge is -2.31. The van der Waals surface area contributed by atoms with Crippen LogP contribution in [0.3, 0.4) is 0 Å². The summed E-state index contributed by atoms with van der Waals surface area (Å²) in [6, 6.07) is 1.69. The first kappa shape index (κ1) is 14.4. The van der Waals surface area contributed by atoms with Crippen LogP contribution < -0.4 is 21.0 Å². The molecule has 3 rings (SSSR count).